The molecule has 6 heteroatoms. The smallest absolute Gasteiger partial charge is 0.329 e. The first-order valence-corrected chi connectivity index (χ1v) is 8.68. The van der Waals surface area contributed by atoms with E-state index in [0.717, 1.165) is 11.6 Å². The quantitative estimate of drug-likeness (QED) is 0.744. The molecule has 0 aliphatic rings. The number of halogens is 2. The van der Waals surface area contributed by atoms with Crippen LogP contribution in [-0.2, 0) is 27.4 Å². The lowest BCUT2D eigenvalue weighted by Gasteiger charge is -2.21. The number of esters is 1. The van der Waals surface area contributed by atoms with Crippen molar-refractivity contribution in [3.63, 3.8) is 0 Å². The number of nitrogens with one attached hydrogen (secondary N) is 1. The van der Waals surface area contributed by atoms with Crippen LogP contribution in [0.3, 0.4) is 0 Å². The Morgan fingerprint density at radius 1 is 1.15 bits per heavy atom. The van der Waals surface area contributed by atoms with Crippen LogP contribution in [0.25, 0.3) is 0 Å². The Kier molecular flexibility index (Phi) is 7.16. The van der Waals surface area contributed by atoms with Gasteiger partial charge in [0.05, 0.1) is 11.4 Å². The normalized spacial score (nSPS) is 11.9. The molecule has 0 bridgehead atoms. The number of hydrogen-bond acceptors (Lipinski definition) is 3. The Morgan fingerprint density at radius 2 is 1.85 bits per heavy atom. The molecule has 2 aromatic carbocycles. The molecule has 26 heavy (non-hydrogen) atoms. The number of carbonyl (C=O) groups is 2. The Labute approximate surface area is 157 Å². The topological polar surface area (TPSA) is 55.4 Å². The molecule has 1 N–H and O–H groups in total. The van der Waals surface area contributed by atoms with Crippen LogP contribution in [-0.4, -0.2) is 17.9 Å². The molecule has 0 aliphatic heterocycles. The van der Waals surface area contributed by atoms with Gasteiger partial charge in [-0.05, 0) is 23.6 Å². The zero-order chi connectivity index (χ0) is 19.1. The van der Waals surface area contributed by atoms with Gasteiger partial charge >= 0.3 is 5.97 Å². The van der Waals surface area contributed by atoms with Crippen LogP contribution in [0.2, 0.25) is 5.02 Å². The molecule has 0 radical (unpaired) electrons. The maximum atomic E-state index is 13.1. The standard InChI is InChI=1S/C20H21ClFNO3/c1-13(2)19(23-18(24)10-14-6-4-3-5-7-14)20(25)26-12-15-8-9-16(22)11-17(15)21/h3-9,11,13,19H,10,12H2,1-2H3,(H,23,24)/t19-/m0/s1. The number of ether oxygens (including phenoxy) is 1. The van der Waals surface area contributed by atoms with E-state index in [1.807, 2.05) is 44.2 Å². The Morgan fingerprint density at radius 3 is 2.46 bits per heavy atom. The highest BCUT2D eigenvalue weighted by Gasteiger charge is 2.26. The molecule has 0 fully saturated rings. The van der Waals surface area contributed by atoms with E-state index in [4.69, 9.17) is 16.3 Å². The molecular weight excluding hydrogens is 357 g/mol. The minimum Gasteiger partial charge on any atom is -0.459 e. The second kappa shape index (κ2) is 9.34. The largest absolute Gasteiger partial charge is 0.459 e. The van der Waals surface area contributed by atoms with E-state index in [9.17, 15) is 14.0 Å². The lowest BCUT2D eigenvalue weighted by molar-refractivity contribution is -0.150. The Balaban J connectivity index is 1.95. The van der Waals surface area contributed by atoms with E-state index in [1.54, 1.807) is 0 Å². The fourth-order valence-corrected chi connectivity index (χ4v) is 2.60. The summed E-state index contributed by atoms with van der Waals surface area (Å²) >= 11 is 5.93. The second-order valence-corrected chi connectivity index (χ2v) is 6.70. The van der Waals surface area contributed by atoms with E-state index < -0.39 is 17.8 Å². The highest BCUT2D eigenvalue weighted by molar-refractivity contribution is 6.31. The van der Waals surface area contributed by atoms with Crippen molar-refractivity contribution < 1.29 is 18.7 Å². The van der Waals surface area contributed by atoms with E-state index in [0.29, 0.717) is 5.56 Å². The van der Waals surface area contributed by atoms with Crippen LogP contribution in [0.15, 0.2) is 48.5 Å². The van der Waals surface area contributed by atoms with Crippen molar-refractivity contribution in [3.8, 4) is 0 Å². The van der Waals surface area contributed by atoms with Crippen molar-refractivity contribution in [1.29, 1.82) is 0 Å². The molecule has 0 unspecified atom stereocenters. The average Bonchev–Trinajstić information content (AvgIpc) is 2.59. The third-order valence-electron chi connectivity index (χ3n) is 3.83. The highest BCUT2D eigenvalue weighted by Crippen LogP contribution is 2.18. The summed E-state index contributed by atoms with van der Waals surface area (Å²) in [5, 5.41) is 2.91. The molecule has 0 saturated heterocycles. The number of carbonyl (C=O) groups excluding carboxylic acids is 2. The van der Waals surface area contributed by atoms with Gasteiger partial charge in [0.1, 0.15) is 18.5 Å². The molecule has 0 spiro atoms. The molecule has 4 nitrogen and oxygen atoms in total. The predicted octanol–water partition coefficient (Wildman–Crippen LogP) is 3.91. The van der Waals surface area contributed by atoms with Gasteiger partial charge in [-0.15, -0.1) is 0 Å². The van der Waals surface area contributed by atoms with Gasteiger partial charge in [-0.1, -0.05) is 61.8 Å². The van der Waals surface area contributed by atoms with Crippen molar-refractivity contribution in [3.05, 3.63) is 70.5 Å². The first-order valence-electron chi connectivity index (χ1n) is 8.30. The molecule has 1 atom stereocenters. The molecule has 0 saturated carbocycles. The number of rotatable bonds is 7. The van der Waals surface area contributed by atoms with Crippen molar-refractivity contribution in [1.82, 2.24) is 5.32 Å². The van der Waals surface area contributed by atoms with Crippen LogP contribution in [0, 0.1) is 11.7 Å². The zero-order valence-corrected chi connectivity index (χ0v) is 15.4. The lowest BCUT2D eigenvalue weighted by Crippen LogP contribution is -2.45. The molecule has 0 aliphatic carbocycles. The number of benzene rings is 2. The number of hydrogen-bond donors (Lipinski definition) is 1. The van der Waals surface area contributed by atoms with E-state index >= 15 is 0 Å². The third kappa shape index (κ3) is 5.85. The van der Waals surface area contributed by atoms with Crippen molar-refractivity contribution in [2.24, 2.45) is 5.92 Å². The predicted molar refractivity (Wildman–Crippen MR) is 98.1 cm³/mol. The lowest BCUT2D eigenvalue weighted by atomic mass is 10.0. The van der Waals surface area contributed by atoms with Crippen LogP contribution in [0.1, 0.15) is 25.0 Å². The SMILES string of the molecule is CC(C)[C@H](NC(=O)Cc1ccccc1)C(=O)OCc1ccc(F)cc1Cl. The molecule has 1 amide bonds. The second-order valence-electron chi connectivity index (χ2n) is 6.30. The van der Waals surface area contributed by atoms with Gasteiger partial charge in [-0.3, -0.25) is 4.79 Å². The Hall–Kier alpha value is -2.40. The maximum absolute atomic E-state index is 13.1. The van der Waals surface area contributed by atoms with E-state index in [-0.39, 0.29) is 29.9 Å². The van der Waals surface area contributed by atoms with Gasteiger partial charge in [0, 0.05) is 5.56 Å². The number of amides is 1. The molecule has 2 rings (SSSR count). The summed E-state index contributed by atoms with van der Waals surface area (Å²) in [6.45, 7) is 3.55. The molecular formula is C20H21ClFNO3. The summed E-state index contributed by atoms with van der Waals surface area (Å²) in [5.41, 5.74) is 1.36. The van der Waals surface area contributed by atoms with Crippen LogP contribution in [0.5, 0.6) is 0 Å². The van der Waals surface area contributed by atoms with Gasteiger partial charge in [-0.2, -0.15) is 0 Å². The fraction of sp³-hybridized carbons (Fsp3) is 0.300. The van der Waals surface area contributed by atoms with Crippen LogP contribution < -0.4 is 5.32 Å². The fourth-order valence-electron chi connectivity index (χ4n) is 2.38. The van der Waals surface area contributed by atoms with E-state index in [2.05, 4.69) is 5.32 Å². The summed E-state index contributed by atoms with van der Waals surface area (Å²) in [6.07, 6.45) is 0.182. The van der Waals surface area contributed by atoms with Gasteiger partial charge in [-0.25, -0.2) is 9.18 Å². The zero-order valence-electron chi connectivity index (χ0n) is 14.7. The summed E-state index contributed by atoms with van der Waals surface area (Å²) in [4.78, 5) is 24.6. The van der Waals surface area contributed by atoms with Gasteiger partial charge < -0.3 is 10.1 Å². The van der Waals surface area contributed by atoms with E-state index in [1.165, 1.54) is 12.1 Å². The molecule has 0 aromatic heterocycles. The van der Waals surface area contributed by atoms with Crippen LogP contribution >= 0.6 is 11.6 Å². The summed E-state index contributed by atoms with van der Waals surface area (Å²) in [5.74, 6) is -1.42. The van der Waals surface area contributed by atoms with Crippen molar-refractivity contribution in [2.45, 2.75) is 32.9 Å². The minimum absolute atomic E-state index is 0.0876. The minimum atomic E-state index is -0.773. The summed E-state index contributed by atoms with van der Waals surface area (Å²) in [7, 11) is 0. The van der Waals surface area contributed by atoms with Gasteiger partial charge in [0.15, 0.2) is 0 Å². The summed E-state index contributed by atoms with van der Waals surface area (Å²) in [6, 6.07) is 12.4. The van der Waals surface area contributed by atoms with Gasteiger partial charge in [0.2, 0.25) is 5.91 Å². The maximum Gasteiger partial charge on any atom is 0.329 e. The van der Waals surface area contributed by atoms with Crippen molar-refractivity contribution >= 4 is 23.5 Å². The van der Waals surface area contributed by atoms with Crippen LogP contribution in [0.4, 0.5) is 4.39 Å². The summed E-state index contributed by atoms with van der Waals surface area (Å²) < 4.78 is 18.3. The third-order valence-corrected chi connectivity index (χ3v) is 4.18. The van der Waals surface area contributed by atoms with Crippen molar-refractivity contribution in [2.75, 3.05) is 0 Å². The van der Waals surface area contributed by atoms with Gasteiger partial charge in [0.25, 0.3) is 0 Å². The molecule has 0 heterocycles. The first kappa shape index (κ1) is 19.9. The Bertz CT molecular complexity index is 765. The average molecular weight is 378 g/mol. The monoisotopic (exact) mass is 377 g/mol. The first-order chi connectivity index (χ1) is 12.4. The molecule has 2 aromatic rings. The molecule has 138 valence electrons. The highest BCUT2D eigenvalue weighted by atomic mass is 35.5.